The Morgan fingerprint density at radius 2 is 1.89 bits per heavy atom. The number of hydrazone groups is 1. The van der Waals surface area contributed by atoms with Crippen LogP contribution in [-0.4, -0.2) is 42.5 Å². The van der Waals surface area contributed by atoms with Crippen LogP contribution < -0.4 is 9.91 Å². The van der Waals surface area contributed by atoms with Crippen LogP contribution in [0.2, 0.25) is 0 Å². The highest BCUT2D eigenvalue weighted by molar-refractivity contribution is 7.99. The molecule has 0 saturated heterocycles. The molecule has 28 heavy (non-hydrogen) atoms. The highest BCUT2D eigenvalue weighted by atomic mass is 32.2. The molecule has 1 amide bonds. The first-order valence-corrected chi connectivity index (χ1v) is 10.3. The van der Waals surface area contributed by atoms with E-state index in [-0.39, 0.29) is 24.6 Å². The van der Waals surface area contributed by atoms with Gasteiger partial charge in [-0.05, 0) is 31.2 Å². The minimum absolute atomic E-state index is 0.0559. The Balaban J connectivity index is 1.66. The van der Waals surface area contributed by atoms with E-state index < -0.39 is 12.0 Å². The topological polar surface area (TPSA) is 62.2 Å². The number of ether oxygens (including phenoxy) is 1. The van der Waals surface area contributed by atoms with E-state index in [1.807, 2.05) is 59.5 Å². The molecule has 2 heterocycles. The molecule has 0 unspecified atom stereocenters. The van der Waals surface area contributed by atoms with Crippen molar-refractivity contribution >= 4 is 40.7 Å². The van der Waals surface area contributed by atoms with Gasteiger partial charge in [0.25, 0.3) is 5.91 Å². The number of nitrogens with zero attached hydrogens (tertiary/aromatic N) is 3. The molecule has 2 aliphatic rings. The van der Waals surface area contributed by atoms with E-state index in [0.717, 1.165) is 22.0 Å². The van der Waals surface area contributed by atoms with Crippen molar-refractivity contribution < 1.29 is 14.3 Å². The van der Waals surface area contributed by atoms with Crippen molar-refractivity contribution in [2.45, 2.75) is 24.3 Å². The van der Waals surface area contributed by atoms with Crippen LogP contribution >= 0.6 is 11.8 Å². The van der Waals surface area contributed by atoms with Gasteiger partial charge in [-0.15, -0.1) is 11.8 Å². The van der Waals surface area contributed by atoms with Crippen molar-refractivity contribution in [3.63, 3.8) is 0 Å². The van der Waals surface area contributed by atoms with Crippen LogP contribution in [0, 0.1) is 0 Å². The summed E-state index contributed by atoms with van der Waals surface area (Å²) in [5, 5.41) is 6.10. The van der Waals surface area contributed by atoms with E-state index in [1.54, 1.807) is 23.7 Å². The zero-order chi connectivity index (χ0) is 19.5. The number of anilines is 2. The third-order valence-corrected chi connectivity index (χ3v) is 5.76. The molecule has 0 saturated carbocycles. The Morgan fingerprint density at radius 1 is 1.14 bits per heavy atom. The van der Waals surface area contributed by atoms with Crippen molar-refractivity contribution in [2.75, 3.05) is 28.8 Å². The maximum Gasteiger partial charge on any atom is 0.354 e. The summed E-state index contributed by atoms with van der Waals surface area (Å²) in [6.07, 6.45) is 0.234. The van der Waals surface area contributed by atoms with Crippen molar-refractivity contribution in [3.8, 4) is 0 Å². The van der Waals surface area contributed by atoms with E-state index in [9.17, 15) is 9.59 Å². The quantitative estimate of drug-likeness (QED) is 0.743. The van der Waals surface area contributed by atoms with Gasteiger partial charge >= 0.3 is 5.97 Å². The van der Waals surface area contributed by atoms with Gasteiger partial charge < -0.3 is 9.64 Å². The van der Waals surface area contributed by atoms with Crippen molar-refractivity contribution in [2.24, 2.45) is 5.10 Å². The fourth-order valence-corrected chi connectivity index (χ4v) is 4.43. The molecule has 7 heteroatoms. The monoisotopic (exact) mass is 395 g/mol. The Labute approximate surface area is 168 Å². The molecule has 0 bridgehead atoms. The van der Waals surface area contributed by atoms with Crippen LogP contribution in [0.4, 0.5) is 11.4 Å². The zero-order valence-electron chi connectivity index (χ0n) is 15.6. The molecule has 0 radical (unpaired) electrons. The van der Waals surface area contributed by atoms with Crippen LogP contribution in [0.5, 0.6) is 0 Å². The van der Waals surface area contributed by atoms with Gasteiger partial charge in [-0.25, -0.2) is 4.79 Å². The van der Waals surface area contributed by atoms with Gasteiger partial charge in [0.2, 0.25) is 0 Å². The van der Waals surface area contributed by atoms with E-state index in [4.69, 9.17) is 4.74 Å². The van der Waals surface area contributed by atoms with Crippen LogP contribution in [0.1, 0.15) is 13.3 Å². The predicted molar refractivity (Wildman–Crippen MR) is 111 cm³/mol. The van der Waals surface area contributed by atoms with Gasteiger partial charge in [0.1, 0.15) is 11.8 Å². The number of para-hydroxylation sites is 2. The second-order valence-electron chi connectivity index (χ2n) is 6.47. The minimum Gasteiger partial charge on any atom is -0.461 e. The van der Waals surface area contributed by atoms with Gasteiger partial charge in [-0.2, -0.15) is 5.10 Å². The molecule has 2 aliphatic heterocycles. The number of fused-ring (bicyclic) bond motifs is 1. The fraction of sp³-hybridized carbons (Fsp3) is 0.286. The lowest BCUT2D eigenvalue weighted by molar-refractivity contribution is -0.135. The average Bonchev–Trinajstić information content (AvgIpc) is 3.19. The summed E-state index contributed by atoms with van der Waals surface area (Å²) in [5.41, 5.74) is 1.98. The number of carbonyl (C=O) groups is 2. The molecule has 2 aromatic carbocycles. The second-order valence-corrected chi connectivity index (χ2v) is 7.61. The van der Waals surface area contributed by atoms with Crippen molar-refractivity contribution in [1.29, 1.82) is 0 Å². The maximum atomic E-state index is 13.5. The summed E-state index contributed by atoms with van der Waals surface area (Å²) in [6, 6.07) is 16.8. The number of benzene rings is 2. The molecular weight excluding hydrogens is 374 g/mol. The maximum absolute atomic E-state index is 13.5. The Bertz CT molecular complexity index is 916. The van der Waals surface area contributed by atoms with Crippen molar-refractivity contribution in [1.82, 2.24) is 0 Å². The molecule has 144 valence electrons. The standard InChI is InChI=1S/C21H21N3O3S/c1-2-27-21(26)16-14-18(24(22-16)15-8-4-3-5-9-15)20(25)23-12-13-28-19-11-7-6-10-17(19)23/h3-11,18H,2,12-14H2,1H3/t18-/m0/s1. The van der Waals surface area contributed by atoms with Crippen LogP contribution in [0.15, 0.2) is 64.6 Å². The first-order chi connectivity index (χ1) is 13.7. The molecular formula is C21H21N3O3S. The summed E-state index contributed by atoms with van der Waals surface area (Å²) >= 11 is 1.75. The first-order valence-electron chi connectivity index (χ1n) is 9.31. The van der Waals surface area contributed by atoms with E-state index in [0.29, 0.717) is 6.54 Å². The predicted octanol–water partition coefficient (Wildman–Crippen LogP) is 3.32. The molecule has 1 atom stereocenters. The lowest BCUT2D eigenvalue weighted by Crippen LogP contribution is -2.47. The lowest BCUT2D eigenvalue weighted by atomic mass is 10.1. The third-order valence-electron chi connectivity index (χ3n) is 4.72. The number of thioether (sulfide) groups is 1. The van der Waals surface area contributed by atoms with Gasteiger partial charge in [0.05, 0.1) is 18.0 Å². The van der Waals surface area contributed by atoms with Crippen LogP contribution in [0.3, 0.4) is 0 Å². The fourth-order valence-electron chi connectivity index (χ4n) is 3.44. The SMILES string of the molecule is CCOC(=O)C1=NN(c2ccccc2)[C@H](C(=O)N2CCSc3ccccc32)C1. The van der Waals surface area contributed by atoms with Gasteiger partial charge in [-0.1, -0.05) is 30.3 Å². The number of amides is 1. The van der Waals surface area contributed by atoms with Crippen LogP contribution in [0.25, 0.3) is 0 Å². The number of rotatable bonds is 4. The van der Waals surface area contributed by atoms with E-state index in [2.05, 4.69) is 5.10 Å². The molecule has 0 spiro atoms. The number of hydrogen-bond donors (Lipinski definition) is 0. The molecule has 0 fully saturated rings. The minimum atomic E-state index is -0.571. The Morgan fingerprint density at radius 3 is 2.68 bits per heavy atom. The van der Waals surface area contributed by atoms with Crippen LogP contribution in [-0.2, 0) is 14.3 Å². The summed E-state index contributed by atoms with van der Waals surface area (Å²) in [4.78, 5) is 28.7. The molecule has 0 aromatic heterocycles. The molecule has 2 aromatic rings. The lowest BCUT2D eigenvalue weighted by Gasteiger charge is -2.33. The second kappa shape index (κ2) is 8.06. The highest BCUT2D eigenvalue weighted by Gasteiger charge is 2.40. The zero-order valence-corrected chi connectivity index (χ0v) is 16.4. The number of esters is 1. The normalized spacial score (nSPS) is 18.5. The number of carbonyl (C=O) groups excluding carboxylic acids is 2. The summed E-state index contributed by atoms with van der Waals surface area (Å²) in [5.74, 6) is 0.319. The summed E-state index contributed by atoms with van der Waals surface area (Å²) < 4.78 is 5.12. The number of hydrogen-bond acceptors (Lipinski definition) is 6. The molecule has 0 N–H and O–H groups in total. The van der Waals surface area contributed by atoms with Crippen molar-refractivity contribution in [3.05, 3.63) is 54.6 Å². The first kappa shape index (κ1) is 18.6. The molecule has 6 nitrogen and oxygen atoms in total. The summed E-state index contributed by atoms with van der Waals surface area (Å²) in [6.45, 7) is 2.67. The third kappa shape index (κ3) is 3.49. The largest absolute Gasteiger partial charge is 0.461 e. The molecule has 0 aliphatic carbocycles. The van der Waals surface area contributed by atoms with E-state index in [1.165, 1.54) is 0 Å². The Kier molecular flexibility index (Phi) is 5.34. The average molecular weight is 395 g/mol. The highest BCUT2D eigenvalue weighted by Crippen LogP contribution is 2.36. The van der Waals surface area contributed by atoms with Gasteiger partial charge in [0.15, 0.2) is 0 Å². The Hall–Kier alpha value is -2.80. The molecule has 4 rings (SSSR count). The van der Waals surface area contributed by atoms with Gasteiger partial charge in [0, 0.05) is 23.6 Å². The van der Waals surface area contributed by atoms with Gasteiger partial charge in [-0.3, -0.25) is 9.80 Å². The van der Waals surface area contributed by atoms with E-state index >= 15 is 0 Å². The summed E-state index contributed by atoms with van der Waals surface area (Å²) in [7, 11) is 0. The smallest absolute Gasteiger partial charge is 0.354 e.